The lowest BCUT2D eigenvalue weighted by Crippen LogP contribution is -2.29. The number of hydrogen-bond donors (Lipinski definition) is 3. The standard InChI is InChI=1S/C5H8O4/c1-2-4(3-6)5(7,8)9/h7-9H,2H2,1H3. The molecule has 0 unspecified atom stereocenters. The van der Waals surface area contributed by atoms with Crippen LogP contribution < -0.4 is 0 Å². The largest absolute Gasteiger partial charge is 0.339 e. The summed E-state index contributed by atoms with van der Waals surface area (Å²) < 4.78 is 0. The molecule has 52 valence electrons. The van der Waals surface area contributed by atoms with Gasteiger partial charge in [-0.2, -0.15) is 0 Å². The molecule has 0 saturated carbocycles. The molecule has 3 N–H and O–H groups in total. The van der Waals surface area contributed by atoms with Gasteiger partial charge in [0.05, 0.1) is 0 Å². The first-order chi connectivity index (χ1) is 4.02. The van der Waals surface area contributed by atoms with Gasteiger partial charge in [-0.1, -0.05) is 6.92 Å². The summed E-state index contributed by atoms with van der Waals surface area (Å²) in [7, 11) is 0. The van der Waals surface area contributed by atoms with E-state index >= 15 is 0 Å². The van der Waals surface area contributed by atoms with Gasteiger partial charge in [0.15, 0.2) is 0 Å². The zero-order valence-electron chi connectivity index (χ0n) is 4.96. The average molecular weight is 132 g/mol. The van der Waals surface area contributed by atoms with E-state index in [0.717, 1.165) is 0 Å². The van der Waals surface area contributed by atoms with E-state index < -0.39 is 11.5 Å². The van der Waals surface area contributed by atoms with Crippen LogP contribution in [0.3, 0.4) is 0 Å². The highest BCUT2D eigenvalue weighted by Crippen LogP contribution is 2.08. The third-order valence-corrected chi connectivity index (χ3v) is 0.882. The van der Waals surface area contributed by atoms with E-state index in [0.29, 0.717) is 0 Å². The Kier molecular flexibility index (Phi) is 2.55. The fourth-order valence-corrected chi connectivity index (χ4v) is 0.378. The summed E-state index contributed by atoms with van der Waals surface area (Å²) in [5.74, 6) is -1.78. The Morgan fingerprint density at radius 3 is 2.00 bits per heavy atom. The van der Waals surface area contributed by atoms with E-state index in [1.807, 2.05) is 0 Å². The van der Waals surface area contributed by atoms with Crippen molar-refractivity contribution in [3.05, 3.63) is 5.57 Å². The van der Waals surface area contributed by atoms with E-state index in [1.54, 1.807) is 0 Å². The first kappa shape index (κ1) is 8.33. The predicted octanol–water partition coefficient (Wildman–Crippen LogP) is -1.21. The van der Waals surface area contributed by atoms with Crippen LogP contribution in [0.5, 0.6) is 0 Å². The quantitative estimate of drug-likeness (QED) is 0.325. The second kappa shape index (κ2) is 2.75. The van der Waals surface area contributed by atoms with Crippen LogP contribution in [0, 0.1) is 0 Å². The zero-order valence-corrected chi connectivity index (χ0v) is 4.96. The molecule has 0 radical (unpaired) electrons. The Balaban J connectivity index is 4.33. The van der Waals surface area contributed by atoms with Crippen LogP contribution in [-0.4, -0.2) is 27.2 Å². The molecular weight excluding hydrogens is 124 g/mol. The molecule has 4 nitrogen and oxygen atoms in total. The fraction of sp³-hybridized carbons (Fsp3) is 0.600. The molecule has 0 aromatic rings. The summed E-state index contributed by atoms with van der Waals surface area (Å²) >= 11 is 0. The normalized spacial score (nSPS) is 10.7. The molecule has 0 heterocycles. The first-order valence-corrected chi connectivity index (χ1v) is 2.44. The average Bonchev–Trinajstić information content (AvgIpc) is 1.65. The van der Waals surface area contributed by atoms with Crippen LogP contribution in [0.25, 0.3) is 0 Å². The van der Waals surface area contributed by atoms with E-state index in [1.165, 1.54) is 12.9 Å². The Hall–Kier alpha value is -0.670. The van der Waals surface area contributed by atoms with Crippen LogP contribution in [0.1, 0.15) is 13.3 Å². The van der Waals surface area contributed by atoms with E-state index in [-0.39, 0.29) is 6.42 Å². The summed E-state index contributed by atoms with van der Waals surface area (Å²) in [5.41, 5.74) is -0.470. The second-order valence-electron chi connectivity index (χ2n) is 1.57. The van der Waals surface area contributed by atoms with Gasteiger partial charge in [-0.05, 0) is 6.42 Å². The topological polar surface area (TPSA) is 77.8 Å². The smallest absolute Gasteiger partial charge is 0.311 e. The minimum atomic E-state index is -2.99. The molecule has 0 aliphatic rings. The summed E-state index contributed by atoms with van der Waals surface area (Å²) in [6.45, 7) is 1.50. The summed E-state index contributed by atoms with van der Waals surface area (Å²) in [4.78, 5) is 9.74. The number of hydrogen-bond acceptors (Lipinski definition) is 4. The zero-order chi connectivity index (χ0) is 7.49. The van der Waals surface area contributed by atoms with E-state index in [2.05, 4.69) is 0 Å². The van der Waals surface area contributed by atoms with Crippen molar-refractivity contribution in [2.24, 2.45) is 0 Å². The second-order valence-corrected chi connectivity index (χ2v) is 1.57. The highest BCUT2D eigenvalue weighted by Gasteiger charge is 2.24. The molecule has 0 spiro atoms. The Labute approximate surface area is 52.1 Å². The van der Waals surface area contributed by atoms with Crippen molar-refractivity contribution >= 4 is 5.94 Å². The molecule has 0 atom stereocenters. The van der Waals surface area contributed by atoms with E-state index in [4.69, 9.17) is 15.3 Å². The summed E-state index contributed by atoms with van der Waals surface area (Å²) in [6.07, 6.45) is 0.0625. The van der Waals surface area contributed by atoms with Gasteiger partial charge in [0.25, 0.3) is 0 Å². The fourth-order valence-electron chi connectivity index (χ4n) is 0.378. The Bertz CT molecular complexity index is 138. The molecule has 0 aromatic carbocycles. The van der Waals surface area contributed by atoms with Crippen molar-refractivity contribution in [3.63, 3.8) is 0 Å². The minimum absolute atomic E-state index is 0.0625. The van der Waals surface area contributed by atoms with Gasteiger partial charge < -0.3 is 15.3 Å². The number of rotatable bonds is 2. The minimum Gasteiger partial charge on any atom is -0.339 e. The van der Waals surface area contributed by atoms with Gasteiger partial charge >= 0.3 is 5.97 Å². The SMILES string of the molecule is CCC(=C=O)C(O)(O)O. The lowest BCUT2D eigenvalue weighted by molar-refractivity contribution is -0.282. The van der Waals surface area contributed by atoms with Crippen molar-refractivity contribution in [1.82, 2.24) is 0 Å². The van der Waals surface area contributed by atoms with Crippen LogP contribution in [0.15, 0.2) is 5.57 Å². The van der Waals surface area contributed by atoms with Crippen molar-refractivity contribution in [3.8, 4) is 0 Å². The van der Waals surface area contributed by atoms with E-state index in [9.17, 15) is 4.79 Å². The molecule has 0 fully saturated rings. The molecule has 0 aromatic heterocycles. The van der Waals surface area contributed by atoms with Gasteiger partial charge in [-0.15, -0.1) is 0 Å². The third-order valence-electron chi connectivity index (χ3n) is 0.882. The van der Waals surface area contributed by atoms with Crippen LogP contribution >= 0.6 is 0 Å². The Morgan fingerprint density at radius 1 is 1.56 bits per heavy atom. The number of aliphatic hydroxyl groups is 3. The maximum atomic E-state index is 9.74. The monoisotopic (exact) mass is 132 g/mol. The molecule has 0 rings (SSSR count). The Morgan fingerprint density at radius 2 is 2.00 bits per heavy atom. The van der Waals surface area contributed by atoms with Crippen molar-refractivity contribution in [1.29, 1.82) is 0 Å². The van der Waals surface area contributed by atoms with Gasteiger partial charge in [-0.3, -0.25) is 0 Å². The molecule has 4 heteroatoms. The predicted molar refractivity (Wildman–Crippen MR) is 28.9 cm³/mol. The van der Waals surface area contributed by atoms with Crippen LogP contribution in [-0.2, 0) is 4.79 Å². The van der Waals surface area contributed by atoms with Crippen molar-refractivity contribution < 1.29 is 20.1 Å². The van der Waals surface area contributed by atoms with Gasteiger partial charge in [-0.25, -0.2) is 4.79 Å². The van der Waals surface area contributed by atoms with Crippen LogP contribution in [0.2, 0.25) is 0 Å². The van der Waals surface area contributed by atoms with Gasteiger partial charge in [0.2, 0.25) is 0 Å². The summed E-state index contributed by atoms with van der Waals surface area (Å²) in [5, 5.41) is 24.9. The maximum absolute atomic E-state index is 9.74. The molecule has 0 aliphatic heterocycles. The van der Waals surface area contributed by atoms with Crippen molar-refractivity contribution in [2.75, 3.05) is 0 Å². The number of carbonyl (C=O) groups excluding carboxylic acids is 1. The third kappa shape index (κ3) is 2.39. The highest BCUT2D eigenvalue weighted by molar-refractivity contribution is 5.53. The summed E-state index contributed by atoms with van der Waals surface area (Å²) in [6, 6.07) is 0. The molecule has 0 bridgehead atoms. The molecule has 0 saturated heterocycles. The van der Waals surface area contributed by atoms with Crippen LogP contribution in [0.4, 0.5) is 0 Å². The first-order valence-electron chi connectivity index (χ1n) is 2.44. The van der Waals surface area contributed by atoms with Crippen molar-refractivity contribution in [2.45, 2.75) is 19.3 Å². The lowest BCUT2D eigenvalue weighted by atomic mass is 10.2. The molecule has 0 amide bonds. The maximum Gasteiger partial charge on any atom is 0.311 e. The van der Waals surface area contributed by atoms with Gasteiger partial charge in [0, 0.05) is 0 Å². The lowest BCUT2D eigenvalue weighted by Gasteiger charge is -2.12. The molecule has 9 heavy (non-hydrogen) atoms. The van der Waals surface area contributed by atoms with Gasteiger partial charge in [0.1, 0.15) is 11.5 Å². The molecule has 0 aliphatic carbocycles. The molecular formula is C5H8O4. The highest BCUT2D eigenvalue weighted by atomic mass is 16.7.